The van der Waals surface area contributed by atoms with Gasteiger partial charge in [0.1, 0.15) is 5.75 Å². The van der Waals surface area contributed by atoms with E-state index in [0.717, 1.165) is 12.1 Å². The van der Waals surface area contributed by atoms with Crippen LogP contribution in [0.15, 0.2) is 18.2 Å². The van der Waals surface area contributed by atoms with Crippen LogP contribution in [0.4, 0.5) is 0 Å². The molecular formula is C15H21NO2. The van der Waals surface area contributed by atoms with Gasteiger partial charge in [-0.3, -0.25) is 4.79 Å². The van der Waals surface area contributed by atoms with Crippen molar-refractivity contribution >= 4 is 5.91 Å². The van der Waals surface area contributed by atoms with Crippen LogP contribution in [0.1, 0.15) is 48.5 Å². The molecule has 1 fully saturated rings. The van der Waals surface area contributed by atoms with Crippen molar-refractivity contribution in [2.75, 3.05) is 6.54 Å². The summed E-state index contributed by atoms with van der Waals surface area (Å²) in [5.74, 6) is 0.160. The highest BCUT2D eigenvalue weighted by Gasteiger charge is 2.29. The fourth-order valence-corrected chi connectivity index (χ4v) is 2.70. The molecule has 2 rings (SSSR count). The fourth-order valence-electron chi connectivity index (χ4n) is 2.70. The highest BCUT2D eigenvalue weighted by Crippen LogP contribution is 2.36. The number of benzene rings is 1. The van der Waals surface area contributed by atoms with E-state index >= 15 is 0 Å². The highest BCUT2D eigenvalue weighted by molar-refractivity contribution is 5.95. The van der Waals surface area contributed by atoms with Crippen molar-refractivity contribution < 1.29 is 9.90 Å². The smallest absolute Gasteiger partial charge is 0.251 e. The summed E-state index contributed by atoms with van der Waals surface area (Å²) < 4.78 is 0. The number of rotatable bonds is 3. The van der Waals surface area contributed by atoms with Crippen molar-refractivity contribution in [1.82, 2.24) is 5.32 Å². The Balaban J connectivity index is 1.99. The van der Waals surface area contributed by atoms with E-state index in [-0.39, 0.29) is 17.1 Å². The third kappa shape index (κ3) is 2.84. The average Bonchev–Trinajstić information content (AvgIpc) is 2.74. The zero-order chi connectivity index (χ0) is 13.2. The zero-order valence-corrected chi connectivity index (χ0v) is 11.1. The minimum atomic E-state index is -0.0411. The monoisotopic (exact) mass is 247 g/mol. The van der Waals surface area contributed by atoms with Gasteiger partial charge in [-0.25, -0.2) is 0 Å². The van der Waals surface area contributed by atoms with Gasteiger partial charge in [0.25, 0.3) is 5.91 Å². The van der Waals surface area contributed by atoms with E-state index in [2.05, 4.69) is 12.2 Å². The normalized spacial score (nSPS) is 17.7. The Hall–Kier alpha value is -1.51. The maximum atomic E-state index is 12.1. The first kappa shape index (κ1) is 12.9. The standard InChI is InChI=1S/C15H21NO2/c1-11-9-12(17)5-6-13(11)14(18)16-10-15(2)7-3-4-8-15/h5-6,9,17H,3-4,7-8,10H2,1-2H3,(H,16,18). The zero-order valence-electron chi connectivity index (χ0n) is 11.1. The van der Waals surface area contributed by atoms with Crippen LogP contribution in [0.25, 0.3) is 0 Å². The third-order valence-electron chi connectivity index (χ3n) is 3.94. The van der Waals surface area contributed by atoms with E-state index < -0.39 is 0 Å². The molecule has 0 heterocycles. The molecular weight excluding hydrogens is 226 g/mol. The number of aromatic hydroxyl groups is 1. The van der Waals surface area contributed by atoms with Crippen LogP contribution in [0.5, 0.6) is 5.75 Å². The van der Waals surface area contributed by atoms with Gasteiger partial charge < -0.3 is 10.4 Å². The molecule has 1 amide bonds. The van der Waals surface area contributed by atoms with Gasteiger partial charge in [-0.1, -0.05) is 19.8 Å². The fraction of sp³-hybridized carbons (Fsp3) is 0.533. The van der Waals surface area contributed by atoms with E-state index in [4.69, 9.17) is 0 Å². The molecule has 0 spiro atoms. The molecule has 0 radical (unpaired) electrons. The number of phenolic OH excluding ortho intramolecular Hbond substituents is 1. The summed E-state index contributed by atoms with van der Waals surface area (Å²) in [6.07, 6.45) is 4.93. The molecule has 1 aliphatic rings. The van der Waals surface area contributed by atoms with Crippen molar-refractivity contribution in [2.45, 2.75) is 39.5 Å². The number of aryl methyl sites for hydroxylation is 1. The molecule has 1 aliphatic carbocycles. The number of nitrogens with one attached hydrogen (secondary N) is 1. The van der Waals surface area contributed by atoms with E-state index in [1.165, 1.54) is 25.7 Å². The molecule has 1 saturated carbocycles. The molecule has 0 bridgehead atoms. The topological polar surface area (TPSA) is 49.3 Å². The molecule has 2 N–H and O–H groups in total. The summed E-state index contributed by atoms with van der Waals surface area (Å²) in [4.78, 5) is 12.1. The van der Waals surface area contributed by atoms with Gasteiger partial charge in [0.2, 0.25) is 0 Å². The van der Waals surface area contributed by atoms with Crippen molar-refractivity contribution in [1.29, 1.82) is 0 Å². The number of phenols is 1. The first-order chi connectivity index (χ1) is 8.50. The SMILES string of the molecule is Cc1cc(O)ccc1C(=O)NCC1(C)CCCC1. The van der Waals surface area contributed by atoms with Crippen LogP contribution < -0.4 is 5.32 Å². The van der Waals surface area contributed by atoms with Gasteiger partial charge in [-0.15, -0.1) is 0 Å². The van der Waals surface area contributed by atoms with Crippen molar-refractivity contribution in [3.8, 4) is 5.75 Å². The molecule has 18 heavy (non-hydrogen) atoms. The second-order valence-electron chi connectivity index (χ2n) is 5.70. The number of carbonyl (C=O) groups is 1. The van der Waals surface area contributed by atoms with E-state index in [1.807, 2.05) is 6.92 Å². The Morgan fingerprint density at radius 2 is 2.06 bits per heavy atom. The lowest BCUT2D eigenvalue weighted by molar-refractivity contribution is 0.0933. The van der Waals surface area contributed by atoms with Crippen molar-refractivity contribution in [2.24, 2.45) is 5.41 Å². The number of carbonyl (C=O) groups excluding carboxylic acids is 1. The molecule has 0 atom stereocenters. The van der Waals surface area contributed by atoms with E-state index in [1.54, 1.807) is 18.2 Å². The molecule has 1 aromatic carbocycles. The summed E-state index contributed by atoms with van der Waals surface area (Å²) in [5, 5.41) is 12.4. The van der Waals surface area contributed by atoms with Crippen LogP contribution in [0, 0.1) is 12.3 Å². The average molecular weight is 247 g/mol. The maximum absolute atomic E-state index is 12.1. The van der Waals surface area contributed by atoms with Gasteiger partial charge in [-0.2, -0.15) is 0 Å². The minimum Gasteiger partial charge on any atom is -0.508 e. The Kier molecular flexibility index (Phi) is 3.60. The first-order valence-corrected chi connectivity index (χ1v) is 6.58. The second kappa shape index (κ2) is 5.01. The van der Waals surface area contributed by atoms with Crippen molar-refractivity contribution in [3.63, 3.8) is 0 Å². The molecule has 0 saturated heterocycles. The molecule has 0 unspecified atom stereocenters. The van der Waals surface area contributed by atoms with Gasteiger partial charge in [-0.05, 0) is 48.9 Å². The molecule has 1 aromatic rings. The molecule has 98 valence electrons. The van der Waals surface area contributed by atoms with Crippen LogP contribution in [-0.4, -0.2) is 17.6 Å². The summed E-state index contributed by atoms with van der Waals surface area (Å²) in [5.41, 5.74) is 1.72. The Morgan fingerprint density at radius 1 is 1.39 bits per heavy atom. The van der Waals surface area contributed by atoms with Gasteiger partial charge in [0.05, 0.1) is 0 Å². The molecule has 3 nitrogen and oxygen atoms in total. The predicted molar refractivity (Wildman–Crippen MR) is 71.8 cm³/mol. The lowest BCUT2D eigenvalue weighted by Crippen LogP contribution is -2.34. The number of hydrogen-bond acceptors (Lipinski definition) is 2. The molecule has 3 heteroatoms. The van der Waals surface area contributed by atoms with Crippen molar-refractivity contribution in [3.05, 3.63) is 29.3 Å². The van der Waals surface area contributed by atoms with Gasteiger partial charge in [0.15, 0.2) is 0 Å². The highest BCUT2D eigenvalue weighted by atomic mass is 16.3. The quantitative estimate of drug-likeness (QED) is 0.862. The van der Waals surface area contributed by atoms with Crippen LogP contribution >= 0.6 is 0 Å². The molecule has 0 aliphatic heterocycles. The first-order valence-electron chi connectivity index (χ1n) is 6.58. The number of amides is 1. The van der Waals surface area contributed by atoms with E-state index in [0.29, 0.717) is 5.56 Å². The minimum absolute atomic E-state index is 0.0411. The Bertz CT molecular complexity index is 448. The predicted octanol–water partition coefficient (Wildman–Crippen LogP) is 3.01. The third-order valence-corrected chi connectivity index (χ3v) is 3.94. The maximum Gasteiger partial charge on any atom is 0.251 e. The van der Waals surface area contributed by atoms with Crippen LogP contribution in [0.2, 0.25) is 0 Å². The summed E-state index contributed by atoms with van der Waals surface area (Å²) in [6.45, 7) is 4.82. The largest absolute Gasteiger partial charge is 0.508 e. The summed E-state index contributed by atoms with van der Waals surface area (Å²) in [7, 11) is 0. The Labute approximate surface area is 108 Å². The van der Waals surface area contributed by atoms with Crippen LogP contribution in [0.3, 0.4) is 0 Å². The summed E-state index contributed by atoms with van der Waals surface area (Å²) >= 11 is 0. The Morgan fingerprint density at radius 3 is 2.67 bits per heavy atom. The number of hydrogen-bond donors (Lipinski definition) is 2. The van der Waals surface area contributed by atoms with Crippen LogP contribution in [-0.2, 0) is 0 Å². The van der Waals surface area contributed by atoms with Gasteiger partial charge in [0, 0.05) is 12.1 Å². The lowest BCUT2D eigenvalue weighted by atomic mass is 9.89. The summed E-state index contributed by atoms with van der Waals surface area (Å²) in [6, 6.07) is 4.85. The van der Waals surface area contributed by atoms with Gasteiger partial charge >= 0.3 is 0 Å². The van der Waals surface area contributed by atoms with E-state index in [9.17, 15) is 9.90 Å². The molecule has 0 aromatic heterocycles. The lowest BCUT2D eigenvalue weighted by Gasteiger charge is -2.23. The second-order valence-corrected chi connectivity index (χ2v) is 5.70.